The molecule has 0 saturated heterocycles. The summed E-state index contributed by atoms with van der Waals surface area (Å²) < 4.78 is 0. The van der Waals surface area contributed by atoms with Crippen molar-refractivity contribution < 1.29 is 9.90 Å². The van der Waals surface area contributed by atoms with Gasteiger partial charge in [-0.15, -0.1) is 0 Å². The first-order valence-electron chi connectivity index (χ1n) is 4.92. The minimum Gasteiger partial charge on any atom is -0.480 e. The van der Waals surface area contributed by atoms with E-state index in [0.717, 1.165) is 6.42 Å². The molecule has 0 aliphatic rings. The second kappa shape index (κ2) is 7.05. The van der Waals surface area contributed by atoms with Gasteiger partial charge in [0.1, 0.15) is 6.04 Å². The van der Waals surface area contributed by atoms with Crippen molar-refractivity contribution in [1.29, 1.82) is 0 Å². The molecule has 6 N–H and O–H groups in total. The maximum Gasteiger partial charge on any atom is 0.320 e. The van der Waals surface area contributed by atoms with E-state index in [2.05, 4.69) is 10.3 Å². The lowest BCUT2D eigenvalue weighted by atomic mass is 9.99. The van der Waals surface area contributed by atoms with Gasteiger partial charge in [0.15, 0.2) is 5.96 Å². The Morgan fingerprint density at radius 1 is 1.53 bits per heavy atom. The van der Waals surface area contributed by atoms with Crippen LogP contribution in [0.5, 0.6) is 0 Å². The van der Waals surface area contributed by atoms with Crippen molar-refractivity contribution in [3.8, 4) is 0 Å². The van der Waals surface area contributed by atoms with E-state index in [1.807, 2.05) is 6.92 Å². The van der Waals surface area contributed by atoms with Gasteiger partial charge in [0.25, 0.3) is 0 Å². The molecule has 0 spiro atoms. The van der Waals surface area contributed by atoms with Gasteiger partial charge in [0.05, 0.1) is 0 Å². The molecule has 0 amide bonds. The van der Waals surface area contributed by atoms with Crippen LogP contribution in [-0.4, -0.2) is 36.7 Å². The van der Waals surface area contributed by atoms with Crippen LogP contribution in [-0.2, 0) is 4.79 Å². The van der Waals surface area contributed by atoms with Crippen molar-refractivity contribution in [3.63, 3.8) is 0 Å². The molecule has 0 aliphatic heterocycles. The smallest absolute Gasteiger partial charge is 0.320 e. The van der Waals surface area contributed by atoms with E-state index in [0.29, 0.717) is 13.0 Å². The lowest BCUT2D eigenvalue weighted by Gasteiger charge is -2.15. The van der Waals surface area contributed by atoms with E-state index in [4.69, 9.17) is 16.6 Å². The summed E-state index contributed by atoms with van der Waals surface area (Å²) in [5.41, 5.74) is 10.4. The Balaban J connectivity index is 3.86. The minimum absolute atomic E-state index is 0.0746. The molecule has 0 radical (unpaired) electrons. The van der Waals surface area contributed by atoms with Crippen molar-refractivity contribution >= 4 is 11.9 Å². The number of hydrogen-bond acceptors (Lipinski definition) is 3. The Hall–Kier alpha value is -1.30. The fourth-order valence-electron chi connectivity index (χ4n) is 1.28. The van der Waals surface area contributed by atoms with Crippen LogP contribution in [0.4, 0.5) is 0 Å². The zero-order chi connectivity index (χ0) is 11.8. The average molecular weight is 216 g/mol. The number of nitrogens with one attached hydrogen (secondary N) is 1. The van der Waals surface area contributed by atoms with Gasteiger partial charge >= 0.3 is 5.97 Å². The fourth-order valence-corrected chi connectivity index (χ4v) is 1.28. The second-order valence-electron chi connectivity index (χ2n) is 3.62. The zero-order valence-corrected chi connectivity index (χ0v) is 9.23. The van der Waals surface area contributed by atoms with Gasteiger partial charge in [-0.3, -0.25) is 9.79 Å². The summed E-state index contributed by atoms with van der Waals surface area (Å²) in [4.78, 5) is 14.6. The number of carbonyl (C=O) groups is 1. The number of carboxylic acids is 1. The number of aliphatic imine (C=N–C) groups is 1. The van der Waals surface area contributed by atoms with E-state index in [-0.39, 0.29) is 11.9 Å². The average Bonchev–Trinajstić information content (AvgIpc) is 2.13. The summed E-state index contributed by atoms with van der Waals surface area (Å²) in [5, 5.41) is 11.6. The molecule has 0 aromatic heterocycles. The van der Waals surface area contributed by atoms with E-state index >= 15 is 0 Å². The minimum atomic E-state index is -0.828. The van der Waals surface area contributed by atoms with Crippen LogP contribution in [0.2, 0.25) is 0 Å². The summed E-state index contributed by atoms with van der Waals surface area (Å²) >= 11 is 0. The van der Waals surface area contributed by atoms with Gasteiger partial charge in [0, 0.05) is 6.54 Å². The lowest BCUT2D eigenvalue weighted by molar-refractivity contribution is -0.139. The maximum atomic E-state index is 10.7. The predicted molar refractivity (Wildman–Crippen MR) is 59.6 cm³/mol. The number of nitrogens with zero attached hydrogens (tertiary/aromatic N) is 1. The first-order chi connectivity index (χ1) is 6.97. The number of likely N-dealkylation sites (N-methyl/N-ethyl adjacent to an activating group) is 1. The standard InChI is InChI=1S/C9H20N4O2/c1-6(3-4-13-9(10)11)5-7(12-2)8(14)15/h6-7,12H,3-5H2,1-2H3,(H,14,15)(H4,10,11,13)/t6?,7-/m0/s1. The van der Waals surface area contributed by atoms with Crippen LogP contribution in [0.25, 0.3) is 0 Å². The molecule has 88 valence electrons. The molecule has 0 aliphatic carbocycles. The highest BCUT2D eigenvalue weighted by atomic mass is 16.4. The molecule has 6 nitrogen and oxygen atoms in total. The Morgan fingerprint density at radius 2 is 2.13 bits per heavy atom. The lowest BCUT2D eigenvalue weighted by Crippen LogP contribution is -2.35. The molecule has 0 heterocycles. The Bertz CT molecular complexity index is 226. The number of hydrogen-bond donors (Lipinski definition) is 4. The molecule has 6 heteroatoms. The molecule has 0 saturated carbocycles. The number of guanidine groups is 1. The molecule has 0 bridgehead atoms. The van der Waals surface area contributed by atoms with E-state index in [1.165, 1.54) is 0 Å². The van der Waals surface area contributed by atoms with Crippen molar-refractivity contribution in [3.05, 3.63) is 0 Å². The highest BCUT2D eigenvalue weighted by Gasteiger charge is 2.17. The zero-order valence-electron chi connectivity index (χ0n) is 9.23. The number of aliphatic carboxylic acids is 1. The molecule has 0 fully saturated rings. The Kier molecular flexibility index (Phi) is 6.44. The topological polar surface area (TPSA) is 114 Å². The number of carboxylic acid groups (broad SMARTS) is 1. The third kappa shape index (κ3) is 6.73. The van der Waals surface area contributed by atoms with Crippen LogP contribution in [0.15, 0.2) is 4.99 Å². The number of nitrogens with two attached hydrogens (primary N) is 2. The van der Waals surface area contributed by atoms with Crippen molar-refractivity contribution in [2.45, 2.75) is 25.8 Å². The Morgan fingerprint density at radius 3 is 2.53 bits per heavy atom. The third-order valence-electron chi connectivity index (χ3n) is 2.20. The summed E-state index contributed by atoms with van der Waals surface area (Å²) in [6.07, 6.45) is 1.36. The van der Waals surface area contributed by atoms with E-state index < -0.39 is 12.0 Å². The molecule has 0 aromatic carbocycles. The molecular formula is C9H20N4O2. The van der Waals surface area contributed by atoms with Crippen molar-refractivity contribution in [2.75, 3.05) is 13.6 Å². The van der Waals surface area contributed by atoms with Crippen LogP contribution in [0.1, 0.15) is 19.8 Å². The van der Waals surface area contributed by atoms with E-state index in [1.54, 1.807) is 7.05 Å². The van der Waals surface area contributed by atoms with Crippen LogP contribution >= 0.6 is 0 Å². The summed E-state index contributed by atoms with van der Waals surface area (Å²) in [7, 11) is 1.64. The van der Waals surface area contributed by atoms with Gasteiger partial charge in [0.2, 0.25) is 0 Å². The molecule has 0 aromatic rings. The largest absolute Gasteiger partial charge is 0.480 e. The second-order valence-corrected chi connectivity index (χ2v) is 3.62. The predicted octanol–water partition coefficient (Wildman–Crippen LogP) is -0.651. The van der Waals surface area contributed by atoms with Crippen LogP contribution in [0, 0.1) is 5.92 Å². The summed E-state index contributed by atoms with van der Waals surface area (Å²) in [6.45, 7) is 2.52. The Labute approximate surface area is 89.7 Å². The fraction of sp³-hybridized carbons (Fsp3) is 0.778. The maximum absolute atomic E-state index is 10.7. The van der Waals surface area contributed by atoms with Gasteiger partial charge in [-0.05, 0) is 25.8 Å². The first-order valence-corrected chi connectivity index (χ1v) is 4.92. The normalized spacial score (nSPS) is 14.3. The summed E-state index contributed by atoms with van der Waals surface area (Å²) in [5.74, 6) is -0.488. The van der Waals surface area contributed by atoms with Gasteiger partial charge in [-0.1, -0.05) is 6.92 Å². The molecule has 1 unspecified atom stereocenters. The molecule has 2 atom stereocenters. The van der Waals surface area contributed by atoms with Crippen molar-refractivity contribution in [2.24, 2.45) is 22.4 Å². The molecular weight excluding hydrogens is 196 g/mol. The first kappa shape index (κ1) is 13.7. The third-order valence-corrected chi connectivity index (χ3v) is 2.20. The summed E-state index contributed by atoms with van der Waals surface area (Å²) in [6, 6.07) is -0.501. The van der Waals surface area contributed by atoms with Gasteiger partial charge in [-0.2, -0.15) is 0 Å². The quantitative estimate of drug-likeness (QED) is 0.333. The van der Waals surface area contributed by atoms with E-state index in [9.17, 15) is 4.79 Å². The number of rotatable bonds is 7. The highest BCUT2D eigenvalue weighted by molar-refractivity contribution is 5.75. The monoisotopic (exact) mass is 216 g/mol. The molecule has 15 heavy (non-hydrogen) atoms. The van der Waals surface area contributed by atoms with Crippen LogP contribution < -0.4 is 16.8 Å². The van der Waals surface area contributed by atoms with Gasteiger partial charge < -0.3 is 21.9 Å². The van der Waals surface area contributed by atoms with Crippen LogP contribution in [0.3, 0.4) is 0 Å². The molecule has 0 rings (SSSR count). The van der Waals surface area contributed by atoms with Gasteiger partial charge in [-0.25, -0.2) is 0 Å². The SMILES string of the molecule is CN[C@@H](CC(C)CCN=C(N)N)C(=O)O. The highest BCUT2D eigenvalue weighted by Crippen LogP contribution is 2.10. The van der Waals surface area contributed by atoms with Crippen molar-refractivity contribution in [1.82, 2.24) is 5.32 Å².